The van der Waals surface area contributed by atoms with Crippen molar-refractivity contribution >= 4 is 23.4 Å². The van der Waals surface area contributed by atoms with Crippen LogP contribution in [0.1, 0.15) is 22.6 Å². The van der Waals surface area contributed by atoms with Gasteiger partial charge in [0.25, 0.3) is 0 Å². The van der Waals surface area contributed by atoms with Crippen LogP contribution in [0.4, 0.5) is 5.82 Å². The predicted octanol–water partition coefficient (Wildman–Crippen LogP) is 2.93. The third-order valence-electron chi connectivity index (χ3n) is 3.87. The van der Waals surface area contributed by atoms with Crippen LogP contribution in [0.2, 0.25) is 5.02 Å². The fraction of sp³-hybridized carbons (Fsp3) is 0.294. The summed E-state index contributed by atoms with van der Waals surface area (Å²) in [5.74, 6) is -0.217. The van der Waals surface area contributed by atoms with E-state index in [9.17, 15) is 9.90 Å². The Labute approximate surface area is 159 Å². The Hall–Kier alpha value is -2.91. The molecule has 0 bridgehead atoms. The van der Waals surface area contributed by atoms with E-state index in [4.69, 9.17) is 20.9 Å². The molecule has 0 aliphatic rings. The smallest absolute Gasteiger partial charge is 0.343 e. The normalized spacial score (nSPS) is 10.9. The van der Waals surface area contributed by atoms with E-state index in [1.54, 1.807) is 37.7 Å². The molecule has 2 heterocycles. The van der Waals surface area contributed by atoms with Crippen molar-refractivity contribution in [1.29, 1.82) is 0 Å². The molecule has 0 saturated carbocycles. The van der Waals surface area contributed by atoms with Crippen LogP contribution in [0.25, 0.3) is 11.3 Å². The highest BCUT2D eigenvalue weighted by atomic mass is 35.5. The number of nitrogens with one attached hydrogen (secondary N) is 1. The lowest BCUT2D eigenvalue weighted by Gasteiger charge is -2.07. The van der Waals surface area contributed by atoms with Gasteiger partial charge in [-0.3, -0.25) is 0 Å². The molecule has 0 fully saturated rings. The van der Waals surface area contributed by atoms with Crippen LogP contribution < -0.4 is 5.32 Å². The number of carboxylic acid groups (broad SMARTS) is 1. The summed E-state index contributed by atoms with van der Waals surface area (Å²) in [6, 6.07) is 6.65. The molecule has 0 amide bonds. The number of nitrogens with zero attached hydrogens (tertiary/aromatic N) is 4. The number of halogens is 1. The van der Waals surface area contributed by atoms with E-state index in [-0.39, 0.29) is 23.7 Å². The van der Waals surface area contributed by atoms with Gasteiger partial charge < -0.3 is 24.3 Å². The van der Waals surface area contributed by atoms with Crippen molar-refractivity contribution in [1.82, 2.24) is 19.9 Å². The summed E-state index contributed by atoms with van der Waals surface area (Å²) in [6.07, 6.45) is 2.43. The number of rotatable bonds is 9. The number of hydrogen-bond acceptors (Lipinski definition) is 7. The van der Waals surface area contributed by atoms with E-state index >= 15 is 0 Å². The number of carboxylic acids is 1. The lowest BCUT2D eigenvalue weighted by molar-refractivity contribution is 0.0698. The standard InChI is InChI=1S/C17H18ClN5O4/c1-26-8-2-7-23-10-20-21-13(23)9-19-16-14(17(24)25)15(27-22-16)11-3-5-12(18)6-4-11/h3-6,10H,2,7-9H2,1H3,(H,19,22)(H,24,25). The van der Waals surface area contributed by atoms with Crippen molar-refractivity contribution < 1.29 is 19.2 Å². The molecule has 9 nitrogen and oxygen atoms in total. The van der Waals surface area contributed by atoms with E-state index in [1.807, 2.05) is 4.57 Å². The van der Waals surface area contributed by atoms with Gasteiger partial charge in [-0.2, -0.15) is 0 Å². The Balaban J connectivity index is 1.77. The minimum Gasteiger partial charge on any atom is -0.477 e. The fourth-order valence-electron chi connectivity index (χ4n) is 2.55. The second-order valence-corrected chi connectivity index (χ2v) is 6.12. The molecule has 0 unspecified atom stereocenters. The first-order valence-electron chi connectivity index (χ1n) is 8.18. The van der Waals surface area contributed by atoms with Crippen molar-refractivity contribution in [3.63, 3.8) is 0 Å². The minimum absolute atomic E-state index is 0.0530. The maximum Gasteiger partial charge on any atom is 0.343 e. The largest absolute Gasteiger partial charge is 0.477 e. The van der Waals surface area contributed by atoms with E-state index in [0.717, 1.165) is 6.42 Å². The highest BCUT2D eigenvalue weighted by Gasteiger charge is 2.24. The molecule has 10 heteroatoms. The highest BCUT2D eigenvalue weighted by Crippen LogP contribution is 2.30. The number of anilines is 1. The molecule has 3 aromatic rings. The van der Waals surface area contributed by atoms with Gasteiger partial charge in [-0.25, -0.2) is 4.79 Å². The van der Waals surface area contributed by atoms with Gasteiger partial charge in [0.2, 0.25) is 0 Å². The van der Waals surface area contributed by atoms with E-state index in [1.165, 1.54) is 0 Å². The maximum absolute atomic E-state index is 11.7. The molecule has 0 atom stereocenters. The van der Waals surface area contributed by atoms with E-state index in [0.29, 0.717) is 29.6 Å². The van der Waals surface area contributed by atoms with Crippen LogP contribution in [0.15, 0.2) is 35.1 Å². The quantitative estimate of drug-likeness (QED) is 0.535. The van der Waals surface area contributed by atoms with Crippen LogP contribution in [-0.2, 0) is 17.8 Å². The summed E-state index contributed by atoms with van der Waals surface area (Å²) in [4.78, 5) is 11.7. The Kier molecular flexibility index (Phi) is 6.05. The Morgan fingerprint density at radius 3 is 2.85 bits per heavy atom. The number of hydrogen-bond donors (Lipinski definition) is 2. The molecule has 3 rings (SSSR count). The number of aromatic nitrogens is 4. The average molecular weight is 392 g/mol. The summed E-state index contributed by atoms with van der Waals surface area (Å²) >= 11 is 5.88. The molecule has 2 aromatic heterocycles. The van der Waals surface area contributed by atoms with Crippen LogP contribution in [0.3, 0.4) is 0 Å². The van der Waals surface area contributed by atoms with Crippen molar-refractivity contribution in [2.24, 2.45) is 0 Å². The first kappa shape index (κ1) is 18.9. The highest BCUT2D eigenvalue weighted by molar-refractivity contribution is 6.30. The predicted molar refractivity (Wildman–Crippen MR) is 97.8 cm³/mol. The summed E-state index contributed by atoms with van der Waals surface area (Å²) in [6.45, 7) is 1.57. The number of ether oxygens (including phenoxy) is 1. The second-order valence-electron chi connectivity index (χ2n) is 5.69. The van der Waals surface area contributed by atoms with Crippen molar-refractivity contribution in [2.75, 3.05) is 19.0 Å². The molecule has 0 spiro atoms. The van der Waals surface area contributed by atoms with E-state index < -0.39 is 5.97 Å². The fourth-order valence-corrected chi connectivity index (χ4v) is 2.68. The molecule has 27 heavy (non-hydrogen) atoms. The summed E-state index contributed by atoms with van der Waals surface area (Å²) < 4.78 is 12.2. The van der Waals surface area contributed by atoms with Gasteiger partial charge in [0.05, 0.1) is 6.54 Å². The Morgan fingerprint density at radius 2 is 2.15 bits per heavy atom. The second kappa shape index (κ2) is 8.65. The van der Waals surface area contributed by atoms with Gasteiger partial charge in [-0.1, -0.05) is 16.8 Å². The van der Waals surface area contributed by atoms with Crippen molar-refractivity contribution in [2.45, 2.75) is 19.5 Å². The third kappa shape index (κ3) is 4.44. The monoisotopic (exact) mass is 391 g/mol. The number of aromatic carboxylic acids is 1. The average Bonchev–Trinajstić information content (AvgIpc) is 3.27. The van der Waals surface area contributed by atoms with Crippen LogP contribution >= 0.6 is 11.6 Å². The van der Waals surface area contributed by atoms with Crippen LogP contribution in [0.5, 0.6) is 0 Å². The molecule has 2 N–H and O–H groups in total. The van der Waals surface area contributed by atoms with Gasteiger partial charge in [0.15, 0.2) is 23.0 Å². The summed E-state index contributed by atoms with van der Waals surface area (Å²) in [5, 5.41) is 24.9. The first-order valence-corrected chi connectivity index (χ1v) is 8.56. The lowest BCUT2D eigenvalue weighted by atomic mass is 10.1. The minimum atomic E-state index is -1.15. The van der Waals surface area contributed by atoms with E-state index in [2.05, 4.69) is 20.7 Å². The number of benzene rings is 1. The lowest BCUT2D eigenvalue weighted by Crippen LogP contribution is -2.11. The molecule has 0 radical (unpaired) electrons. The molecule has 1 aromatic carbocycles. The molecule has 142 valence electrons. The zero-order valence-corrected chi connectivity index (χ0v) is 15.3. The number of aryl methyl sites for hydroxylation is 1. The molecule has 0 saturated heterocycles. The third-order valence-corrected chi connectivity index (χ3v) is 4.12. The van der Waals surface area contributed by atoms with Gasteiger partial charge in [0, 0.05) is 30.8 Å². The summed E-state index contributed by atoms with van der Waals surface area (Å²) in [5.41, 5.74) is 0.517. The summed E-state index contributed by atoms with van der Waals surface area (Å²) in [7, 11) is 1.64. The van der Waals surface area contributed by atoms with Gasteiger partial charge in [-0.05, 0) is 30.7 Å². The van der Waals surface area contributed by atoms with Crippen molar-refractivity contribution in [3.8, 4) is 11.3 Å². The first-order chi connectivity index (χ1) is 13.1. The molecular weight excluding hydrogens is 374 g/mol. The number of carbonyl (C=O) groups is 1. The zero-order valence-electron chi connectivity index (χ0n) is 14.6. The molecule has 0 aliphatic heterocycles. The maximum atomic E-state index is 11.7. The Morgan fingerprint density at radius 1 is 1.37 bits per heavy atom. The Bertz CT molecular complexity index is 906. The van der Waals surface area contributed by atoms with Crippen molar-refractivity contribution in [3.05, 3.63) is 47.0 Å². The molecular formula is C17H18ClN5O4. The van der Waals surface area contributed by atoms with Gasteiger partial charge in [-0.15, -0.1) is 10.2 Å². The topological polar surface area (TPSA) is 115 Å². The van der Waals surface area contributed by atoms with Gasteiger partial charge >= 0.3 is 5.97 Å². The van der Waals surface area contributed by atoms with Crippen LogP contribution in [0, 0.1) is 0 Å². The van der Waals surface area contributed by atoms with Gasteiger partial charge in [0.1, 0.15) is 6.33 Å². The van der Waals surface area contributed by atoms with Crippen LogP contribution in [-0.4, -0.2) is 44.7 Å². The number of methoxy groups -OCH3 is 1. The molecule has 0 aliphatic carbocycles. The SMILES string of the molecule is COCCCn1cnnc1CNc1noc(-c2ccc(Cl)cc2)c1C(=O)O. The zero-order chi connectivity index (χ0) is 19.2.